The highest BCUT2D eigenvalue weighted by Gasteiger charge is 2.16. The fraction of sp³-hybridized carbons (Fsp3) is 0.364. The normalized spacial score (nSPS) is 11.3. The van der Waals surface area contributed by atoms with Crippen molar-refractivity contribution in [1.82, 2.24) is 0 Å². The maximum Gasteiger partial charge on any atom is 0.303 e. The van der Waals surface area contributed by atoms with Gasteiger partial charge in [0.05, 0.1) is 20.4 Å². The summed E-state index contributed by atoms with van der Waals surface area (Å²) in [4.78, 5) is 10.3. The third-order valence-electron chi connectivity index (χ3n) is 2.28. The Morgan fingerprint density at radius 3 is 2.25 bits per heavy atom. The molecule has 0 heterocycles. The van der Waals surface area contributed by atoms with E-state index in [1.807, 2.05) is 0 Å². The summed E-state index contributed by atoms with van der Waals surface area (Å²) < 4.78 is 28.9. The van der Waals surface area contributed by atoms with Crippen molar-refractivity contribution in [3.8, 4) is 5.75 Å². The van der Waals surface area contributed by atoms with Crippen LogP contribution in [-0.4, -0.2) is 26.1 Å². The first-order chi connectivity index (χ1) is 9.21. The van der Waals surface area contributed by atoms with Crippen LogP contribution in [0.4, 0.5) is 0 Å². The van der Waals surface area contributed by atoms with E-state index in [4.69, 9.17) is 20.5 Å². The molecule has 0 fully saturated rings. The molecule has 0 saturated carbocycles. The van der Waals surface area contributed by atoms with Gasteiger partial charge >= 0.3 is 5.97 Å². The second-order valence-electron chi connectivity index (χ2n) is 3.85. The van der Waals surface area contributed by atoms with E-state index in [0.717, 1.165) is 0 Å². The molecule has 0 amide bonds. The average molecular weight is 451 g/mol. The summed E-state index contributed by atoms with van der Waals surface area (Å²) >= 11 is 6.42. The number of halogens is 3. The van der Waals surface area contributed by atoms with Gasteiger partial charge in [0.25, 0.3) is 9.05 Å². The van der Waals surface area contributed by atoms with Gasteiger partial charge in [-0.2, -0.15) is 0 Å². The van der Waals surface area contributed by atoms with Crippen LogP contribution >= 0.6 is 42.5 Å². The number of ether oxygens (including phenoxy) is 1. The highest BCUT2D eigenvalue weighted by molar-refractivity contribution is 9.11. The summed E-state index contributed by atoms with van der Waals surface area (Å²) in [6.07, 6.45) is 1.19. The summed E-state index contributed by atoms with van der Waals surface area (Å²) in [7, 11) is 1.45. The number of hydrogen-bond acceptors (Lipinski definition) is 4. The molecule has 1 aromatic rings. The summed E-state index contributed by atoms with van der Waals surface area (Å²) in [5, 5.41) is 8.50. The van der Waals surface area contributed by atoms with Gasteiger partial charge in [0.1, 0.15) is 5.75 Å². The lowest BCUT2D eigenvalue weighted by atomic mass is 10.2. The highest BCUT2D eigenvalue weighted by Crippen LogP contribution is 2.36. The second kappa shape index (κ2) is 7.63. The summed E-state index contributed by atoms with van der Waals surface area (Å²) in [5.41, 5.74) is 0. The zero-order valence-electron chi connectivity index (χ0n) is 10.1. The molecular weight excluding hydrogens is 439 g/mol. The number of benzene rings is 1. The van der Waals surface area contributed by atoms with Gasteiger partial charge in [0.2, 0.25) is 0 Å². The van der Waals surface area contributed by atoms with Crippen LogP contribution in [0.3, 0.4) is 0 Å². The van der Waals surface area contributed by atoms with Gasteiger partial charge in [-0.25, -0.2) is 8.42 Å². The predicted molar refractivity (Wildman–Crippen MR) is 81.9 cm³/mol. The van der Waals surface area contributed by atoms with Crippen molar-refractivity contribution in [3.05, 3.63) is 21.1 Å². The van der Waals surface area contributed by atoms with E-state index in [9.17, 15) is 13.2 Å². The minimum absolute atomic E-state index is 0.0452. The quantitative estimate of drug-likeness (QED) is 0.505. The minimum atomic E-state index is -3.81. The standard InChI is InChI=1S/C11H11Br2ClO5S/c12-8-5-7(20(14,17)18)6-9(13)11(8)19-4-2-1-3-10(15)16/h5-6H,1-4H2,(H,15,16). The first-order valence-electron chi connectivity index (χ1n) is 5.50. The molecule has 0 aliphatic carbocycles. The Labute approximate surface area is 137 Å². The maximum atomic E-state index is 11.2. The first-order valence-corrected chi connectivity index (χ1v) is 9.39. The van der Waals surface area contributed by atoms with Crippen molar-refractivity contribution in [2.45, 2.75) is 24.2 Å². The first kappa shape index (κ1) is 17.7. The smallest absolute Gasteiger partial charge is 0.303 e. The van der Waals surface area contributed by atoms with Crippen LogP contribution in [0, 0.1) is 0 Å². The number of carboxylic acids is 1. The lowest BCUT2D eigenvalue weighted by Gasteiger charge is -2.11. The summed E-state index contributed by atoms with van der Waals surface area (Å²) in [5.74, 6) is -0.395. The van der Waals surface area contributed by atoms with Crippen molar-refractivity contribution in [1.29, 1.82) is 0 Å². The summed E-state index contributed by atoms with van der Waals surface area (Å²) in [6, 6.07) is 2.69. The molecule has 5 nitrogen and oxygen atoms in total. The Balaban J connectivity index is 2.70. The van der Waals surface area contributed by atoms with E-state index in [0.29, 0.717) is 34.1 Å². The van der Waals surface area contributed by atoms with Crippen molar-refractivity contribution >= 4 is 57.6 Å². The molecule has 0 saturated heterocycles. The molecular formula is C11H11Br2ClO5S. The predicted octanol–water partition coefficient (Wildman–Crippen LogP) is 3.77. The Morgan fingerprint density at radius 1 is 1.25 bits per heavy atom. The highest BCUT2D eigenvalue weighted by atomic mass is 79.9. The van der Waals surface area contributed by atoms with E-state index in [1.165, 1.54) is 12.1 Å². The Bertz CT molecular complexity index is 580. The van der Waals surface area contributed by atoms with Crippen LogP contribution in [0.5, 0.6) is 5.75 Å². The SMILES string of the molecule is O=C(O)CCCCOc1c(Br)cc(S(=O)(=O)Cl)cc1Br. The van der Waals surface area contributed by atoms with Crippen LogP contribution in [0.2, 0.25) is 0 Å². The maximum absolute atomic E-state index is 11.2. The van der Waals surface area contributed by atoms with E-state index in [-0.39, 0.29) is 11.3 Å². The van der Waals surface area contributed by atoms with Gasteiger partial charge in [-0.05, 0) is 56.8 Å². The number of carbonyl (C=O) groups is 1. The van der Waals surface area contributed by atoms with Crippen LogP contribution in [0.15, 0.2) is 26.0 Å². The van der Waals surface area contributed by atoms with E-state index in [2.05, 4.69) is 31.9 Å². The van der Waals surface area contributed by atoms with E-state index in [1.54, 1.807) is 0 Å². The molecule has 0 atom stereocenters. The second-order valence-corrected chi connectivity index (χ2v) is 8.13. The molecule has 0 aromatic heterocycles. The molecule has 20 heavy (non-hydrogen) atoms. The lowest BCUT2D eigenvalue weighted by Crippen LogP contribution is -2.02. The number of carboxylic acid groups (broad SMARTS) is 1. The summed E-state index contributed by atoms with van der Waals surface area (Å²) in [6.45, 7) is 0.331. The molecule has 0 aliphatic heterocycles. The van der Waals surface area contributed by atoms with Crippen LogP contribution in [-0.2, 0) is 13.8 Å². The molecule has 0 spiro atoms. The van der Waals surface area contributed by atoms with E-state index >= 15 is 0 Å². The van der Waals surface area contributed by atoms with Gasteiger partial charge in [-0.3, -0.25) is 4.79 Å². The van der Waals surface area contributed by atoms with Crippen molar-refractivity contribution in [3.63, 3.8) is 0 Å². The van der Waals surface area contributed by atoms with Gasteiger partial charge in [0.15, 0.2) is 0 Å². The third kappa shape index (κ3) is 5.59. The van der Waals surface area contributed by atoms with E-state index < -0.39 is 15.0 Å². The monoisotopic (exact) mass is 448 g/mol. The zero-order valence-corrected chi connectivity index (χ0v) is 14.8. The average Bonchev–Trinajstić information content (AvgIpc) is 2.29. The largest absolute Gasteiger partial charge is 0.491 e. The Morgan fingerprint density at radius 2 is 1.80 bits per heavy atom. The molecule has 0 unspecified atom stereocenters. The third-order valence-corrected chi connectivity index (χ3v) is 4.80. The topological polar surface area (TPSA) is 80.7 Å². The van der Waals surface area contributed by atoms with Gasteiger partial charge in [-0.1, -0.05) is 0 Å². The Kier molecular flexibility index (Phi) is 6.77. The fourth-order valence-electron chi connectivity index (χ4n) is 1.37. The number of hydrogen-bond donors (Lipinski definition) is 1. The fourth-order valence-corrected chi connectivity index (χ4v) is 3.87. The molecule has 1 rings (SSSR count). The number of unbranched alkanes of at least 4 members (excludes halogenated alkanes) is 1. The van der Waals surface area contributed by atoms with Gasteiger partial charge < -0.3 is 9.84 Å². The number of aliphatic carboxylic acids is 1. The number of rotatable bonds is 7. The molecule has 1 aromatic carbocycles. The van der Waals surface area contributed by atoms with Crippen molar-refractivity contribution < 1.29 is 23.1 Å². The Hall–Kier alpha value is -0.310. The lowest BCUT2D eigenvalue weighted by molar-refractivity contribution is -0.137. The molecule has 9 heteroatoms. The van der Waals surface area contributed by atoms with Crippen LogP contribution < -0.4 is 4.74 Å². The van der Waals surface area contributed by atoms with Crippen molar-refractivity contribution in [2.75, 3.05) is 6.61 Å². The zero-order chi connectivity index (χ0) is 15.3. The van der Waals surface area contributed by atoms with Crippen molar-refractivity contribution in [2.24, 2.45) is 0 Å². The molecule has 1 N–H and O–H groups in total. The molecule has 112 valence electrons. The van der Waals surface area contributed by atoms with Gasteiger partial charge in [-0.15, -0.1) is 0 Å². The molecule has 0 bridgehead atoms. The van der Waals surface area contributed by atoms with Crippen LogP contribution in [0.1, 0.15) is 19.3 Å². The van der Waals surface area contributed by atoms with Crippen LogP contribution in [0.25, 0.3) is 0 Å². The molecule has 0 aliphatic rings. The molecule has 0 radical (unpaired) electrons. The van der Waals surface area contributed by atoms with Gasteiger partial charge in [0, 0.05) is 17.1 Å². The minimum Gasteiger partial charge on any atom is -0.491 e.